The van der Waals surface area contributed by atoms with Crippen LogP contribution in [0.2, 0.25) is 0 Å². The predicted molar refractivity (Wildman–Crippen MR) is 114 cm³/mol. The molecule has 0 aromatic carbocycles. The van der Waals surface area contributed by atoms with Crippen LogP contribution in [-0.4, -0.2) is 62.6 Å². The number of amides is 3. The van der Waals surface area contributed by atoms with Crippen molar-refractivity contribution in [2.45, 2.75) is 69.4 Å². The number of hydrogen-bond acceptors (Lipinski definition) is 6. The van der Waals surface area contributed by atoms with Crippen molar-refractivity contribution in [1.82, 2.24) is 14.8 Å². The quantitative estimate of drug-likeness (QED) is 0.681. The monoisotopic (exact) mass is 436 g/mol. The topological polar surface area (TPSA) is 86.5 Å². The molecule has 1 aliphatic rings. The zero-order valence-electron chi connectivity index (χ0n) is 18.1. The first-order valence-corrected chi connectivity index (χ1v) is 10.8. The van der Waals surface area contributed by atoms with E-state index in [0.29, 0.717) is 5.75 Å². The van der Waals surface area contributed by atoms with E-state index in [1.165, 1.54) is 0 Å². The molecule has 1 fully saturated rings. The Morgan fingerprint density at radius 3 is 2.53 bits per heavy atom. The molecule has 0 bridgehead atoms. The number of urea groups is 1. The Labute approximate surface area is 181 Å². The number of thioether (sulfide) groups is 1. The molecule has 0 aliphatic carbocycles. The smallest absolute Gasteiger partial charge is 0.418 e. The van der Waals surface area contributed by atoms with Gasteiger partial charge in [-0.1, -0.05) is 0 Å². The molecular formula is C21H29FN4O3S. The average Bonchev–Trinajstić information content (AvgIpc) is 3.04. The van der Waals surface area contributed by atoms with Crippen molar-refractivity contribution in [3.05, 3.63) is 30.1 Å². The number of pyridine rings is 1. The second-order valence-electron chi connectivity index (χ2n) is 8.88. The first kappa shape index (κ1) is 23.9. The maximum Gasteiger partial charge on any atom is 0.418 e. The highest BCUT2D eigenvalue weighted by Gasteiger charge is 2.42. The first-order chi connectivity index (χ1) is 13.9. The van der Waals surface area contributed by atoms with Crippen molar-refractivity contribution in [2.75, 3.05) is 13.1 Å². The third kappa shape index (κ3) is 6.87. The Kier molecular flexibility index (Phi) is 7.70. The van der Waals surface area contributed by atoms with Crippen LogP contribution in [0.25, 0.3) is 0 Å². The highest BCUT2D eigenvalue weighted by molar-refractivity contribution is 7.99. The summed E-state index contributed by atoms with van der Waals surface area (Å²) < 4.78 is 18.8. The molecule has 1 aromatic heterocycles. The summed E-state index contributed by atoms with van der Waals surface area (Å²) in [6.07, 6.45) is 1.28. The van der Waals surface area contributed by atoms with E-state index in [4.69, 9.17) is 4.74 Å². The van der Waals surface area contributed by atoms with Gasteiger partial charge < -0.3 is 9.64 Å². The fraction of sp³-hybridized carbons (Fsp3) is 0.619. The summed E-state index contributed by atoms with van der Waals surface area (Å²) in [7, 11) is 0. The number of alkyl halides is 1. The number of likely N-dealkylation sites (tertiary alicyclic amines) is 1. The van der Waals surface area contributed by atoms with Gasteiger partial charge in [0, 0.05) is 35.9 Å². The minimum Gasteiger partial charge on any atom is -0.443 e. The van der Waals surface area contributed by atoms with E-state index in [2.05, 4.69) is 4.98 Å². The molecule has 164 valence electrons. The van der Waals surface area contributed by atoms with E-state index in [9.17, 15) is 19.2 Å². The standard InChI is InChI=1S/C21H29FN4O3S/c1-20(2,3)29-19(28)26(18(27)25-12-16(22)10-17(25)11-23)14-21(4,5)30-13-15-6-8-24-9-7-15/h6-9,16-17H,10,12-14H2,1-5H3/t16-,17-/m0/s1. The number of ether oxygens (including phenoxy) is 1. The summed E-state index contributed by atoms with van der Waals surface area (Å²) in [5.41, 5.74) is 0.272. The summed E-state index contributed by atoms with van der Waals surface area (Å²) in [5.74, 6) is 0.670. The Hall–Kier alpha value is -2.34. The molecule has 2 rings (SSSR count). The van der Waals surface area contributed by atoms with Gasteiger partial charge in [0.05, 0.1) is 12.6 Å². The highest BCUT2D eigenvalue weighted by Crippen LogP contribution is 2.31. The second-order valence-corrected chi connectivity index (χ2v) is 10.6. The Morgan fingerprint density at radius 1 is 1.33 bits per heavy atom. The van der Waals surface area contributed by atoms with Crippen molar-refractivity contribution in [3.8, 4) is 6.07 Å². The fourth-order valence-electron chi connectivity index (χ4n) is 2.98. The number of nitrogens with zero attached hydrogens (tertiary/aromatic N) is 4. The van der Waals surface area contributed by atoms with E-state index in [0.717, 1.165) is 15.4 Å². The normalized spacial score (nSPS) is 19.3. The molecule has 0 unspecified atom stereocenters. The molecular weight excluding hydrogens is 407 g/mol. The van der Waals surface area contributed by atoms with E-state index in [-0.39, 0.29) is 19.5 Å². The lowest BCUT2D eigenvalue weighted by molar-refractivity contribution is 0.0273. The maximum atomic E-state index is 13.9. The summed E-state index contributed by atoms with van der Waals surface area (Å²) in [4.78, 5) is 32.1. The minimum absolute atomic E-state index is 0.0510. The lowest BCUT2D eigenvalue weighted by atomic mass is 10.2. The molecule has 1 aromatic rings. The molecule has 1 saturated heterocycles. The Balaban J connectivity index is 2.19. The number of carbonyl (C=O) groups is 2. The zero-order chi connectivity index (χ0) is 22.5. The van der Waals surface area contributed by atoms with Crippen LogP contribution in [0.5, 0.6) is 0 Å². The molecule has 1 aliphatic heterocycles. The van der Waals surface area contributed by atoms with E-state index >= 15 is 0 Å². The molecule has 2 heterocycles. The number of carbonyl (C=O) groups excluding carboxylic acids is 2. The van der Waals surface area contributed by atoms with Crippen LogP contribution in [0.15, 0.2) is 24.5 Å². The third-order valence-corrected chi connectivity index (χ3v) is 5.80. The molecule has 2 atom stereocenters. The van der Waals surface area contributed by atoms with Gasteiger partial charge >= 0.3 is 12.1 Å². The molecule has 30 heavy (non-hydrogen) atoms. The number of aromatic nitrogens is 1. The summed E-state index contributed by atoms with van der Waals surface area (Å²) in [5, 5.41) is 9.30. The van der Waals surface area contributed by atoms with Crippen molar-refractivity contribution in [3.63, 3.8) is 0 Å². The van der Waals surface area contributed by atoms with Gasteiger partial charge in [0.25, 0.3) is 0 Å². The van der Waals surface area contributed by atoms with Gasteiger partial charge in [0.2, 0.25) is 0 Å². The zero-order valence-corrected chi connectivity index (χ0v) is 18.9. The molecule has 0 N–H and O–H groups in total. The van der Waals surface area contributed by atoms with Crippen molar-refractivity contribution < 1.29 is 18.7 Å². The van der Waals surface area contributed by atoms with Gasteiger partial charge in [-0.25, -0.2) is 18.9 Å². The van der Waals surface area contributed by atoms with Gasteiger partial charge in [-0.05, 0) is 52.3 Å². The maximum absolute atomic E-state index is 13.9. The number of halogens is 1. The third-order valence-electron chi connectivity index (χ3n) is 4.41. The largest absolute Gasteiger partial charge is 0.443 e. The van der Waals surface area contributed by atoms with Gasteiger partial charge in [0.15, 0.2) is 0 Å². The predicted octanol–water partition coefficient (Wildman–Crippen LogP) is 4.39. The second kappa shape index (κ2) is 9.65. The fourth-order valence-corrected chi connectivity index (χ4v) is 3.96. The molecule has 0 spiro atoms. The van der Waals surface area contributed by atoms with Crippen molar-refractivity contribution in [2.24, 2.45) is 0 Å². The molecule has 0 saturated carbocycles. The van der Waals surface area contributed by atoms with Crippen molar-refractivity contribution >= 4 is 23.9 Å². The number of rotatable bonds is 5. The average molecular weight is 437 g/mol. The van der Waals surface area contributed by atoms with Crippen LogP contribution in [0.1, 0.15) is 46.6 Å². The molecule has 7 nitrogen and oxygen atoms in total. The highest BCUT2D eigenvalue weighted by atomic mass is 32.2. The van der Waals surface area contributed by atoms with Crippen LogP contribution in [0.3, 0.4) is 0 Å². The van der Waals surface area contributed by atoms with Crippen LogP contribution in [0, 0.1) is 11.3 Å². The lowest BCUT2D eigenvalue weighted by Gasteiger charge is -2.35. The van der Waals surface area contributed by atoms with E-state index < -0.39 is 34.7 Å². The van der Waals surface area contributed by atoms with Crippen LogP contribution >= 0.6 is 11.8 Å². The van der Waals surface area contributed by atoms with Gasteiger partial charge in [0.1, 0.15) is 17.8 Å². The van der Waals surface area contributed by atoms with Gasteiger partial charge in [-0.3, -0.25) is 4.98 Å². The lowest BCUT2D eigenvalue weighted by Crippen LogP contribution is -2.53. The molecule has 9 heteroatoms. The van der Waals surface area contributed by atoms with Crippen LogP contribution < -0.4 is 0 Å². The van der Waals surface area contributed by atoms with Crippen molar-refractivity contribution in [1.29, 1.82) is 5.26 Å². The summed E-state index contributed by atoms with van der Waals surface area (Å²) in [6, 6.07) is 4.17. The Bertz CT molecular complexity index is 792. The van der Waals surface area contributed by atoms with Gasteiger partial charge in [-0.2, -0.15) is 5.26 Å². The number of hydrogen-bond donors (Lipinski definition) is 0. The minimum atomic E-state index is -1.28. The number of imide groups is 1. The van der Waals surface area contributed by atoms with Crippen LogP contribution in [0.4, 0.5) is 14.0 Å². The van der Waals surface area contributed by atoms with Gasteiger partial charge in [-0.15, -0.1) is 11.8 Å². The number of nitriles is 1. The molecule has 3 amide bonds. The van der Waals surface area contributed by atoms with Crippen LogP contribution in [-0.2, 0) is 10.5 Å². The summed E-state index contributed by atoms with van der Waals surface area (Å²) in [6.45, 7) is 8.83. The molecule has 0 radical (unpaired) electrons. The Morgan fingerprint density at radius 2 is 1.97 bits per heavy atom. The van der Waals surface area contributed by atoms with E-state index in [1.54, 1.807) is 44.9 Å². The first-order valence-electron chi connectivity index (χ1n) is 9.79. The van der Waals surface area contributed by atoms with E-state index in [1.807, 2.05) is 32.0 Å². The summed E-state index contributed by atoms with van der Waals surface area (Å²) >= 11 is 1.58. The SMILES string of the molecule is CC(C)(C)OC(=O)N(CC(C)(C)SCc1ccncc1)C(=O)N1C[C@@H](F)C[C@H]1C#N.